The molecule has 1 fully saturated rings. The molecule has 100 valence electrons. The lowest BCUT2D eigenvalue weighted by molar-refractivity contribution is 0.0605. The van der Waals surface area contributed by atoms with Crippen molar-refractivity contribution in [3.8, 4) is 0 Å². The molecule has 0 aromatic rings. The van der Waals surface area contributed by atoms with Crippen molar-refractivity contribution in [3.63, 3.8) is 0 Å². The summed E-state index contributed by atoms with van der Waals surface area (Å²) in [7, 11) is 2.09. The van der Waals surface area contributed by atoms with E-state index < -0.39 is 0 Å². The number of likely N-dealkylation sites (N-methyl/N-ethyl adjacent to an activating group) is 1. The van der Waals surface area contributed by atoms with Crippen molar-refractivity contribution >= 4 is 5.84 Å². The molecule has 5 heteroatoms. The average Bonchev–Trinajstić information content (AvgIpc) is 2.96. The fourth-order valence-electron chi connectivity index (χ4n) is 2.08. The fraction of sp³-hybridized carbons (Fsp3) is 0.917. The van der Waals surface area contributed by atoms with E-state index in [2.05, 4.69) is 17.1 Å². The zero-order chi connectivity index (χ0) is 12.9. The van der Waals surface area contributed by atoms with Crippen LogP contribution < -0.4 is 5.73 Å². The molecule has 0 saturated heterocycles. The summed E-state index contributed by atoms with van der Waals surface area (Å²) in [4.78, 5) is 2.26. The molecule has 0 amide bonds. The molecule has 0 heterocycles. The van der Waals surface area contributed by atoms with E-state index in [-0.39, 0.29) is 11.5 Å². The molecular weight excluding hydrogens is 218 g/mol. The molecule has 1 rings (SSSR count). The van der Waals surface area contributed by atoms with Crippen LogP contribution in [0.2, 0.25) is 0 Å². The highest BCUT2D eigenvalue weighted by Gasteiger charge is 2.43. The van der Waals surface area contributed by atoms with Crippen LogP contribution in [0.1, 0.15) is 33.1 Å². The van der Waals surface area contributed by atoms with Gasteiger partial charge in [-0.25, -0.2) is 0 Å². The van der Waals surface area contributed by atoms with Crippen LogP contribution in [0, 0.1) is 5.41 Å². The highest BCUT2D eigenvalue weighted by Crippen LogP contribution is 2.49. The lowest BCUT2D eigenvalue weighted by Gasteiger charge is -2.23. The lowest BCUT2D eigenvalue weighted by atomic mass is 10.0. The third-order valence-corrected chi connectivity index (χ3v) is 3.17. The van der Waals surface area contributed by atoms with Crippen LogP contribution in [0.3, 0.4) is 0 Å². The summed E-state index contributed by atoms with van der Waals surface area (Å²) in [5, 5.41) is 11.6. The van der Waals surface area contributed by atoms with Crippen molar-refractivity contribution in [2.75, 3.05) is 26.7 Å². The second-order valence-corrected chi connectivity index (χ2v) is 5.43. The number of oxime groups is 1. The number of ether oxygens (including phenoxy) is 1. The monoisotopic (exact) mass is 243 g/mol. The molecule has 1 aliphatic carbocycles. The van der Waals surface area contributed by atoms with Gasteiger partial charge in [-0.2, -0.15) is 0 Å². The first kappa shape index (κ1) is 14.3. The molecule has 0 aromatic heterocycles. The number of nitrogens with zero attached hydrogens (tertiary/aromatic N) is 2. The molecule has 0 unspecified atom stereocenters. The van der Waals surface area contributed by atoms with E-state index in [0.717, 1.165) is 19.7 Å². The highest BCUT2D eigenvalue weighted by atomic mass is 16.5. The molecule has 0 radical (unpaired) electrons. The topological polar surface area (TPSA) is 71.1 Å². The Balaban J connectivity index is 2.23. The Labute approximate surface area is 104 Å². The summed E-state index contributed by atoms with van der Waals surface area (Å²) in [5.41, 5.74) is 5.81. The van der Waals surface area contributed by atoms with Crippen molar-refractivity contribution in [2.24, 2.45) is 16.3 Å². The molecule has 0 aliphatic heterocycles. The standard InChI is InChI=1S/C12H25N3O2/c1-10(2)17-7-6-15(3)9-12(4-5-12)8-11(13)14-16/h10,16H,4-9H2,1-3H3,(H2,13,14). The Hall–Kier alpha value is -0.810. The lowest BCUT2D eigenvalue weighted by Crippen LogP contribution is -2.32. The minimum atomic E-state index is 0.239. The highest BCUT2D eigenvalue weighted by molar-refractivity contribution is 5.80. The van der Waals surface area contributed by atoms with Crippen LogP contribution in [0.4, 0.5) is 0 Å². The predicted molar refractivity (Wildman–Crippen MR) is 68.3 cm³/mol. The van der Waals surface area contributed by atoms with Gasteiger partial charge in [0.15, 0.2) is 0 Å². The van der Waals surface area contributed by atoms with Gasteiger partial charge in [0.25, 0.3) is 0 Å². The number of nitrogens with two attached hydrogens (primary N) is 1. The van der Waals surface area contributed by atoms with Gasteiger partial charge in [-0.3, -0.25) is 0 Å². The van der Waals surface area contributed by atoms with E-state index in [1.54, 1.807) is 0 Å². The molecule has 0 bridgehead atoms. The van der Waals surface area contributed by atoms with Crippen LogP contribution in [0.25, 0.3) is 0 Å². The van der Waals surface area contributed by atoms with Gasteiger partial charge in [0.1, 0.15) is 5.84 Å². The van der Waals surface area contributed by atoms with E-state index in [1.165, 1.54) is 12.8 Å². The maximum Gasteiger partial charge on any atom is 0.139 e. The molecule has 0 atom stereocenters. The van der Waals surface area contributed by atoms with Crippen molar-refractivity contribution in [1.82, 2.24) is 4.90 Å². The molecule has 0 spiro atoms. The fourth-order valence-corrected chi connectivity index (χ4v) is 2.08. The van der Waals surface area contributed by atoms with E-state index >= 15 is 0 Å². The molecule has 5 nitrogen and oxygen atoms in total. The van der Waals surface area contributed by atoms with Gasteiger partial charge >= 0.3 is 0 Å². The van der Waals surface area contributed by atoms with E-state index in [4.69, 9.17) is 15.7 Å². The van der Waals surface area contributed by atoms with Crippen molar-refractivity contribution < 1.29 is 9.94 Å². The Morgan fingerprint density at radius 3 is 2.65 bits per heavy atom. The second kappa shape index (κ2) is 6.21. The van der Waals surface area contributed by atoms with Crippen molar-refractivity contribution in [1.29, 1.82) is 0 Å². The third-order valence-electron chi connectivity index (χ3n) is 3.17. The Morgan fingerprint density at radius 1 is 1.53 bits per heavy atom. The number of amidine groups is 1. The summed E-state index contributed by atoms with van der Waals surface area (Å²) in [6, 6.07) is 0. The summed E-state index contributed by atoms with van der Waals surface area (Å²) >= 11 is 0. The average molecular weight is 243 g/mol. The van der Waals surface area contributed by atoms with E-state index in [9.17, 15) is 0 Å². The molecule has 1 aliphatic rings. The Bertz CT molecular complexity index is 262. The first-order valence-corrected chi connectivity index (χ1v) is 6.24. The van der Waals surface area contributed by atoms with Gasteiger partial charge in [-0.05, 0) is 39.2 Å². The smallest absolute Gasteiger partial charge is 0.139 e. The van der Waals surface area contributed by atoms with Crippen LogP contribution in [-0.2, 0) is 4.74 Å². The van der Waals surface area contributed by atoms with E-state index in [0.29, 0.717) is 12.3 Å². The first-order chi connectivity index (χ1) is 7.97. The second-order valence-electron chi connectivity index (χ2n) is 5.43. The van der Waals surface area contributed by atoms with E-state index in [1.807, 2.05) is 13.8 Å². The van der Waals surface area contributed by atoms with Crippen LogP contribution in [0.5, 0.6) is 0 Å². The summed E-state index contributed by atoms with van der Waals surface area (Å²) in [6.45, 7) is 6.76. The number of hydrogen-bond donors (Lipinski definition) is 2. The Kier molecular flexibility index (Phi) is 5.21. The van der Waals surface area contributed by atoms with Gasteiger partial charge < -0.3 is 20.6 Å². The van der Waals surface area contributed by atoms with Gasteiger partial charge in [0.2, 0.25) is 0 Å². The maximum absolute atomic E-state index is 8.59. The molecule has 1 saturated carbocycles. The third kappa shape index (κ3) is 5.37. The number of hydrogen-bond acceptors (Lipinski definition) is 4. The molecular formula is C12H25N3O2. The van der Waals surface area contributed by atoms with Gasteiger partial charge in [-0.1, -0.05) is 5.16 Å². The quantitative estimate of drug-likeness (QED) is 0.291. The Morgan fingerprint density at radius 2 is 2.18 bits per heavy atom. The zero-order valence-corrected chi connectivity index (χ0v) is 11.1. The van der Waals surface area contributed by atoms with Gasteiger partial charge in [-0.15, -0.1) is 0 Å². The minimum absolute atomic E-state index is 0.239. The minimum Gasteiger partial charge on any atom is -0.409 e. The predicted octanol–water partition coefficient (Wildman–Crippen LogP) is 1.26. The maximum atomic E-state index is 8.59. The number of rotatable bonds is 8. The van der Waals surface area contributed by atoms with Crippen LogP contribution in [-0.4, -0.2) is 48.8 Å². The molecule has 17 heavy (non-hydrogen) atoms. The first-order valence-electron chi connectivity index (χ1n) is 6.24. The van der Waals surface area contributed by atoms with Gasteiger partial charge in [0.05, 0.1) is 12.7 Å². The van der Waals surface area contributed by atoms with Crippen LogP contribution >= 0.6 is 0 Å². The summed E-state index contributed by atoms with van der Waals surface area (Å²) in [6.07, 6.45) is 3.31. The molecule has 0 aromatic carbocycles. The zero-order valence-electron chi connectivity index (χ0n) is 11.1. The largest absolute Gasteiger partial charge is 0.409 e. The van der Waals surface area contributed by atoms with Crippen LogP contribution in [0.15, 0.2) is 5.16 Å². The SMILES string of the molecule is CC(C)OCCN(C)CC1(CC(N)=NO)CC1. The summed E-state index contributed by atoms with van der Waals surface area (Å²) in [5.74, 6) is 0.342. The normalized spacial score (nSPS) is 19.0. The summed E-state index contributed by atoms with van der Waals surface area (Å²) < 4.78 is 5.52. The van der Waals surface area contributed by atoms with Crippen molar-refractivity contribution in [2.45, 2.75) is 39.2 Å². The molecule has 3 N–H and O–H groups in total. The van der Waals surface area contributed by atoms with Crippen molar-refractivity contribution in [3.05, 3.63) is 0 Å². The van der Waals surface area contributed by atoms with Gasteiger partial charge in [0, 0.05) is 19.5 Å².